The van der Waals surface area contributed by atoms with Crippen LogP contribution in [0.5, 0.6) is 5.75 Å². The summed E-state index contributed by atoms with van der Waals surface area (Å²) in [4.78, 5) is 13.4. The molecule has 0 radical (unpaired) electrons. The highest BCUT2D eigenvalue weighted by molar-refractivity contribution is 6.30. The van der Waals surface area contributed by atoms with E-state index in [9.17, 15) is 4.79 Å². The molecule has 0 bridgehead atoms. The van der Waals surface area contributed by atoms with Gasteiger partial charge in [0, 0.05) is 30.1 Å². The van der Waals surface area contributed by atoms with Crippen molar-refractivity contribution in [3.05, 3.63) is 28.3 Å². The Balaban J connectivity index is 2.06. The smallest absolute Gasteiger partial charge is 0.306 e. The minimum absolute atomic E-state index is 0.184. The van der Waals surface area contributed by atoms with Gasteiger partial charge < -0.3 is 9.47 Å². The first-order valence-electron chi connectivity index (χ1n) is 6.87. The average Bonchev–Trinajstić information content (AvgIpc) is 2.90. The Kier molecular flexibility index (Phi) is 5.26. The number of ether oxygens (including phenoxy) is 2. The molecule has 0 unspecified atom stereocenters. The first-order chi connectivity index (χ1) is 9.63. The highest BCUT2D eigenvalue weighted by Crippen LogP contribution is 2.33. The molecule has 110 valence electrons. The Bertz CT molecular complexity index is 490. The summed E-state index contributed by atoms with van der Waals surface area (Å²) < 4.78 is 10.4. The van der Waals surface area contributed by atoms with Gasteiger partial charge in [0.1, 0.15) is 5.75 Å². The molecular formula is C15H20ClNO3. The summed E-state index contributed by atoms with van der Waals surface area (Å²) in [5, 5.41) is 0.744. The van der Waals surface area contributed by atoms with E-state index >= 15 is 0 Å². The maximum Gasteiger partial charge on any atom is 0.306 e. The van der Waals surface area contributed by atoms with Crippen molar-refractivity contribution in [3.63, 3.8) is 0 Å². The predicted octanol–water partition coefficient (Wildman–Crippen LogP) is 2.66. The third-order valence-electron chi connectivity index (χ3n) is 3.53. The molecular weight excluding hydrogens is 278 g/mol. The van der Waals surface area contributed by atoms with Crippen molar-refractivity contribution in [2.75, 3.05) is 26.8 Å². The molecule has 20 heavy (non-hydrogen) atoms. The summed E-state index contributed by atoms with van der Waals surface area (Å²) in [5.74, 6) is 0.780. The van der Waals surface area contributed by atoms with E-state index in [0.29, 0.717) is 13.0 Å². The van der Waals surface area contributed by atoms with Crippen molar-refractivity contribution < 1.29 is 14.3 Å². The van der Waals surface area contributed by atoms with Crippen LogP contribution in [0.15, 0.2) is 12.1 Å². The SMILES string of the molecule is CCN(CCC(=O)OC)Cc1cc(Cl)cc2c1OCC2. The second-order valence-corrected chi connectivity index (χ2v) is 5.28. The van der Waals surface area contributed by atoms with Gasteiger partial charge in [0.05, 0.1) is 20.1 Å². The normalized spacial score (nSPS) is 13.2. The standard InChI is InChI=1S/C15H20ClNO3/c1-3-17(6-4-14(18)19-2)10-12-9-13(16)8-11-5-7-20-15(11)12/h8-9H,3-7,10H2,1-2H3. The number of halogens is 1. The molecule has 1 aromatic carbocycles. The number of hydrogen-bond donors (Lipinski definition) is 0. The quantitative estimate of drug-likeness (QED) is 0.757. The first-order valence-corrected chi connectivity index (χ1v) is 7.25. The highest BCUT2D eigenvalue weighted by Gasteiger charge is 2.19. The lowest BCUT2D eigenvalue weighted by molar-refractivity contribution is -0.141. The fourth-order valence-electron chi connectivity index (χ4n) is 2.40. The van der Waals surface area contributed by atoms with Crippen LogP contribution in [0.2, 0.25) is 5.02 Å². The Labute approximate surface area is 124 Å². The number of benzene rings is 1. The molecule has 0 fully saturated rings. The van der Waals surface area contributed by atoms with Gasteiger partial charge in [0.25, 0.3) is 0 Å². The number of carbonyl (C=O) groups excluding carboxylic acids is 1. The van der Waals surface area contributed by atoms with Gasteiger partial charge in [-0.25, -0.2) is 0 Å². The van der Waals surface area contributed by atoms with Gasteiger partial charge in [-0.2, -0.15) is 0 Å². The fourth-order valence-corrected chi connectivity index (χ4v) is 2.67. The number of hydrogen-bond acceptors (Lipinski definition) is 4. The molecule has 1 heterocycles. The molecule has 1 aliphatic heterocycles. The van der Waals surface area contributed by atoms with Gasteiger partial charge in [-0.15, -0.1) is 0 Å². The third kappa shape index (κ3) is 3.64. The summed E-state index contributed by atoms with van der Waals surface area (Å²) >= 11 is 6.16. The van der Waals surface area contributed by atoms with Gasteiger partial charge in [0.2, 0.25) is 0 Å². The van der Waals surface area contributed by atoms with E-state index in [1.165, 1.54) is 12.7 Å². The molecule has 1 aromatic rings. The lowest BCUT2D eigenvalue weighted by Gasteiger charge is -2.21. The Morgan fingerprint density at radius 3 is 3.00 bits per heavy atom. The van der Waals surface area contributed by atoms with Crippen LogP contribution in [0.4, 0.5) is 0 Å². The van der Waals surface area contributed by atoms with Gasteiger partial charge in [0.15, 0.2) is 0 Å². The van der Waals surface area contributed by atoms with Gasteiger partial charge in [-0.3, -0.25) is 9.69 Å². The van der Waals surface area contributed by atoms with Crippen molar-refractivity contribution in [1.29, 1.82) is 0 Å². The van der Waals surface area contributed by atoms with E-state index in [4.69, 9.17) is 16.3 Å². The Morgan fingerprint density at radius 1 is 1.50 bits per heavy atom. The molecule has 0 N–H and O–H groups in total. The minimum atomic E-state index is -0.184. The van der Waals surface area contributed by atoms with E-state index in [1.807, 2.05) is 12.1 Å². The lowest BCUT2D eigenvalue weighted by atomic mass is 10.1. The molecule has 5 heteroatoms. The van der Waals surface area contributed by atoms with E-state index in [-0.39, 0.29) is 5.97 Å². The first kappa shape index (κ1) is 15.1. The molecule has 0 amide bonds. The number of methoxy groups -OCH3 is 1. The van der Waals surface area contributed by atoms with E-state index in [1.54, 1.807) is 0 Å². The van der Waals surface area contributed by atoms with Crippen molar-refractivity contribution in [1.82, 2.24) is 4.90 Å². The molecule has 0 aromatic heterocycles. The number of nitrogens with zero attached hydrogens (tertiary/aromatic N) is 1. The van der Waals surface area contributed by atoms with Gasteiger partial charge in [-0.05, 0) is 24.2 Å². The molecule has 1 aliphatic rings. The fraction of sp³-hybridized carbons (Fsp3) is 0.533. The second-order valence-electron chi connectivity index (χ2n) is 4.85. The largest absolute Gasteiger partial charge is 0.493 e. The van der Waals surface area contributed by atoms with Crippen molar-refractivity contribution in [3.8, 4) is 5.75 Å². The monoisotopic (exact) mass is 297 g/mol. The number of rotatable bonds is 6. The zero-order valence-electron chi connectivity index (χ0n) is 11.9. The van der Waals surface area contributed by atoms with Crippen LogP contribution in [-0.4, -0.2) is 37.7 Å². The summed E-state index contributed by atoms with van der Waals surface area (Å²) in [6, 6.07) is 3.92. The highest BCUT2D eigenvalue weighted by atomic mass is 35.5. The number of fused-ring (bicyclic) bond motifs is 1. The summed E-state index contributed by atoms with van der Waals surface area (Å²) in [6.07, 6.45) is 1.31. The molecule has 4 nitrogen and oxygen atoms in total. The van der Waals surface area contributed by atoms with Crippen LogP contribution in [0.3, 0.4) is 0 Å². The maximum atomic E-state index is 11.2. The number of esters is 1. The molecule has 0 aliphatic carbocycles. The maximum absolute atomic E-state index is 11.2. The van der Waals surface area contributed by atoms with Crippen LogP contribution in [0, 0.1) is 0 Å². The van der Waals surface area contributed by atoms with Crippen molar-refractivity contribution >= 4 is 17.6 Å². The summed E-state index contributed by atoms with van der Waals surface area (Å²) in [5.41, 5.74) is 2.27. The van der Waals surface area contributed by atoms with E-state index < -0.39 is 0 Å². The minimum Gasteiger partial charge on any atom is -0.493 e. The predicted molar refractivity (Wildman–Crippen MR) is 78.2 cm³/mol. The van der Waals surface area contributed by atoms with Crippen molar-refractivity contribution in [2.24, 2.45) is 0 Å². The lowest BCUT2D eigenvalue weighted by Crippen LogP contribution is -2.26. The van der Waals surface area contributed by atoms with Gasteiger partial charge in [-0.1, -0.05) is 18.5 Å². The van der Waals surface area contributed by atoms with Crippen LogP contribution >= 0.6 is 11.6 Å². The number of carbonyl (C=O) groups is 1. The molecule has 0 saturated heterocycles. The van der Waals surface area contributed by atoms with Crippen LogP contribution in [0.25, 0.3) is 0 Å². The van der Waals surface area contributed by atoms with Crippen LogP contribution in [0.1, 0.15) is 24.5 Å². The van der Waals surface area contributed by atoms with Crippen molar-refractivity contribution in [2.45, 2.75) is 26.3 Å². The van der Waals surface area contributed by atoms with Crippen LogP contribution in [-0.2, 0) is 22.5 Å². The van der Waals surface area contributed by atoms with E-state index in [0.717, 1.165) is 42.5 Å². The van der Waals surface area contributed by atoms with Crippen LogP contribution < -0.4 is 4.74 Å². The molecule has 2 rings (SSSR count). The molecule has 0 spiro atoms. The summed E-state index contributed by atoms with van der Waals surface area (Å²) in [6.45, 7) is 5.05. The zero-order valence-corrected chi connectivity index (χ0v) is 12.7. The van der Waals surface area contributed by atoms with E-state index in [2.05, 4.69) is 16.6 Å². The Morgan fingerprint density at radius 2 is 2.30 bits per heavy atom. The van der Waals surface area contributed by atoms with Gasteiger partial charge >= 0.3 is 5.97 Å². The summed E-state index contributed by atoms with van der Waals surface area (Å²) in [7, 11) is 1.41. The molecule has 0 saturated carbocycles. The second kappa shape index (κ2) is 6.95. The zero-order chi connectivity index (χ0) is 14.5. The third-order valence-corrected chi connectivity index (χ3v) is 3.74. The topological polar surface area (TPSA) is 38.8 Å². The average molecular weight is 298 g/mol. The molecule has 0 atom stereocenters. The Hall–Kier alpha value is -1.26.